The summed E-state index contributed by atoms with van der Waals surface area (Å²) in [4.78, 5) is 23.0. The van der Waals surface area contributed by atoms with Crippen LogP contribution in [0.3, 0.4) is 0 Å². The van der Waals surface area contributed by atoms with Crippen LogP contribution in [-0.4, -0.2) is 29.7 Å². The van der Waals surface area contributed by atoms with Gasteiger partial charge in [-0.05, 0) is 21.4 Å². The Bertz CT molecular complexity index is 830. The highest BCUT2D eigenvalue weighted by Gasteiger charge is 2.20. The van der Waals surface area contributed by atoms with Crippen LogP contribution >= 0.6 is 27.3 Å². The molecule has 0 saturated carbocycles. The number of nitrogen functional groups attached to an aromatic ring is 1. The highest BCUT2D eigenvalue weighted by atomic mass is 79.9. The molecule has 3 N–H and O–H groups in total. The van der Waals surface area contributed by atoms with Crippen molar-refractivity contribution in [1.82, 2.24) is 24.7 Å². The first-order valence-electron chi connectivity index (χ1n) is 5.54. The number of nitro groups is 1. The topological polar surface area (TPSA) is 138 Å². The molecule has 0 spiro atoms. The van der Waals surface area contributed by atoms with E-state index in [0.29, 0.717) is 11.6 Å². The Morgan fingerprint density at radius 2 is 2.29 bits per heavy atom. The molecule has 0 aliphatic heterocycles. The molecule has 0 fully saturated rings. The summed E-state index contributed by atoms with van der Waals surface area (Å²) in [6, 6.07) is 1.86. The van der Waals surface area contributed by atoms with E-state index in [-0.39, 0.29) is 11.3 Å². The van der Waals surface area contributed by atoms with E-state index in [2.05, 4.69) is 41.4 Å². The molecule has 3 rings (SSSR count). The van der Waals surface area contributed by atoms with Crippen LogP contribution in [0.4, 0.5) is 11.8 Å². The van der Waals surface area contributed by atoms with Crippen molar-refractivity contribution in [2.75, 3.05) is 5.43 Å². The minimum Gasteiger partial charge on any atom is -0.390 e. The van der Waals surface area contributed by atoms with E-state index in [9.17, 15) is 10.1 Å². The number of hydrogen-bond donors (Lipinski definition) is 2. The molecular weight excluding hydrogens is 364 g/mol. The van der Waals surface area contributed by atoms with Crippen LogP contribution in [-0.2, 0) is 6.54 Å². The van der Waals surface area contributed by atoms with Gasteiger partial charge in [0.25, 0.3) is 4.73 Å². The average Bonchev–Trinajstić information content (AvgIpc) is 3.05. The maximum atomic E-state index is 10.6. The van der Waals surface area contributed by atoms with Crippen LogP contribution < -0.4 is 11.3 Å². The number of aromatic nitrogens is 5. The number of nitrogens with one attached hydrogen (secondary N) is 1. The first-order valence-corrected chi connectivity index (χ1v) is 7.21. The molecule has 3 aromatic rings. The fourth-order valence-corrected chi connectivity index (χ4v) is 2.85. The molecule has 0 aliphatic rings. The van der Waals surface area contributed by atoms with Crippen LogP contribution in [0.25, 0.3) is 10.2 Å². The smallest absolute Gasteiger partial charge is 0.390 e. The second-order valence-corrected chi connectivity index (χ2v) is 5.47. The van der Waals surface area contributed by atoms with Gasteiger partial charge in [0.05, 0.1) is 5.39 Å². The number of fused-ring (bicyclic) bond motifs is 1. The molecule has 0 bridgehead atoms. The van der Waals surface area contributed by atoms with Gasteiger partial charge >= 0.3 is 5.95 Å². The molecule has 0 unspecified atom stereocenters. The predicted molar refractivity (Wildman–Crippen MR) is 78.7 cm³/mol. The SMILES string of the molecule is NNc1nc(Cn2nc([N+](=O)[O-])nc2Br)nc2sccc12. The highest BCUT2D eigenvalue weighted by molar-refractivity contribution is 9.10. The Balaban J connectivity index is 1.99. The fraction of sp³-hybridized carbons (Fsp3) is 0.111. The van der Waals surface area contributed by atoms with Gasteiger partial charge in [0.1, 0.15) is 11.4 Å². The zero-order valence-electron chi connectivity index (χ0n) is 10.2. The molecule has 3 heterocycles. The Kier molecular flexibility index (Phi) is 3.48. The van der Waals surface area contributed by atoms with Gasteiger partial charge in [-0.3, -0.25) is 0 Å². The molecule has 0 radical (unpaired) electrons. The third-order valence-electron chi connectivity index (χ3n) is 2.58. The summed E-state index contributed by atoms with van der Waals surface area (Å²) in [6.45, 7) is 0.129. The summed E-state index contributed by atoms with van der Waals surface area (Å²) in [6.07, 6.45) is 0. The maximum absolute atomic E-state index is 10.6. The number of nitrogens with two attached hydrogens (primary N) is 1. The Hall–Kier alpha value is -2.18. The van der Waals surface area contributed by atoms with E-state index in [1.54, 1.807) is 0 Å². The van der Waals surface area contributed by atoms with Gasteiger partial charge in [0.15, 0.2) is 11.6 Å². The summed E-state index contributed by atoms with van der Waals surface area (Å²) in [5.74, 6) is 5.86. The number of anilines is 1. The molecule has 0 saturated heterocycles. The summed E-state index contributed by atoms with van der Waals surface area (Å²) in [5, 5.41) is 17.1. The van der Waals surface area contributed by atoms with Crippen molar-refractivity contribution in [3.8, 4) is 0 Å². The quantitative estimate of drug-likeness (QED) is 0.397. The molecule has 108 valence electrons. The van der Waals surface area contributed by atoms with Crippen molar-refractivity contribution in [2.24, 2.45) is 5.84 Å². The molecular formula is C9H7BrN8O2S. The van der Waals surface area contributed by atoms with Crippen LogP contribution in [0.2, 0.25) is 0 Å². The summed E-state index contributed by atoms with van der Waals surface area (Å²) < 4.78 is 1.53. The summed E-state index contributed by atoms with van der Waals surface area (Å²) in [5.41, 5.74) is 2.51. The van der Waals surface area contributed by atoms with Gasteiger partial charge in [-0.1, -0.05) is 0 Å². The van der Waals surface area contributed by atoms with Gasteiger partial charge in [-0.2, -0.15) is 4.68 Å². The Labute approximate surface area is 129 Å². The lowest BCUT2D eigenvalue weighted by atomic mass is 10.4. The van der Waals surface area contributed by atoms with E-state index in [0.717, 1.165) is 10.2 Å². The zero-order chi connectivity index (χ0) is 15.0. The van der Waals surface area contributed by atoms with E-state index < -0.39 is 10.9 Å². The minimum atomic E-state index is -0.669. The molecule has 0 aliphatic carbocycles. The predicted octanol–water partition coefficient (Wildman–Crippen LogP) is 1.29. The lowest BCUT2D eigenvalue weighted by Crippen LogP contribution is -2.12. The molecule has 21 heavy (non-hydrogen) atoms. The third kappa shape index (κ3) is 2.55. The molecule has 0 atom stereocenters. The van der Waals surface area contributed by atoms with E-state index in [1.165, 1.54) is 16.0 Å². The number of halogens is 1. The van der Waals surface area contributed by atoms with Gasteiger partial charge in [0, 0.05) is 21.0 Å². The fourth-order valence-electron chi connectivity index (χ4n) is 1.70. The van der Waals surface area contributed by atoms with Gasteiger partial charge in [-0.25, -0.2) is 15.8 Å². The lowest BCUT2D eigenvalue weighted by molar-refractivity contribution is -0.394. The van der Waals surface area contributed by atoms with E-state index in [1.807, 2.05) is 11.4 Å². The molecule has 0 amide bonds. The maximum Gasteiger partial charge on any atom is 0.492 e. The first kappa shape index (κ1) is 13.8. The summed E-state index contributed by atoms with van der Waals surface area (Å²) in [7, 11) is 0. The number of thiophene rings is 1. The third-order valence-corrected chi connectivity index (χ3v) is 3.97. The minimum absolute atomic E-state index is 0.129. The van der Waals surface area contributed by atoms with E-state index in [4.69, 9.17) is 5.84 Å². The van der Waals surface area contributed by atoms with E-state index >= 15 is 0 Å². The number of hydrazine groups is 1. The second-order valence-electron chi connectivity index (χ2n) is 3.87. The molecule has 3 aromatic heterocycles. The van der Waals surface area contributed by atoms with Gasteiger partial charge < -0.3 is 15.5 Å². The number of nitrogens with zero attached hydrogens (tertiary/aromatic N) is 6. The van der Waals surface area contributed by atoms with Crippen molar-refractivity contribution in [3.63, 3.8) is 0 Å². The van der Waals surface area contributed by atoms with Crippen molar-refractivity contribution in [2.45, 2.75) is 6.54 Å². The normalized spacial score (nSPS) is 11.0. The standard InChI is InChI=1S/C9H7BrN8O2S/c10-8-14-9(18(19)20)16-17(8)3-5-12-6(15-11)4-1-2-21-7(4)13-5/h1-2H,3,11H2,(H,12,13,15). The molecule has 0 aromatic carbocycles. The highest BCUT2D eigenvalue weighted by Crippen LogP contribution is 2.25. The number of hydrogen-bond acceptors (Lipinski definition) is 9. The Morgan fingerprint density at radius 1 is 1.48 bits per heavy atom. The van der Waals surface area contributed by atoms with Crippen molar-refractivity contribution < 1.29 is 4.92 Å². The van der Waals surface area contributed by atoms with Crippen LogP contribution in [0, 0.1) is 10.1 Å². The van der Waals surface area contributed by atoms with Gasteiger partial charge in [-0.15, -0.1) is 11.3 Å². The summed E-state index contributed by atoms with van der Waals surface area (Å²) >= 11 is 4.56. The van der Waals surface area contributed by atoms with Crippen LogP contribution in [0.15, 0.2) is 16.2 Å². The largest absolute Gasteiger partial charge is 0.492 e. The van der Waals surface area contributed by atoms with Crippen molar-refractivity contribution in [3.05, 3.63) is 32.1 Å². The first-order chi connectivity index (χ1) is 10.1. The monoisotopic (exact) mass is 370 g/mol. The van der Waals surface area contributed by atoms with Crippen molar-refractivity contribution in [1.29, 1.82) is 0 Å². The Morgan fingerprint density at radius 3 is 2.95 bits per heavy atom. The van der Waals surface area contributed by atoms with Crippen LogP contribution in [0.1, 0.15) is 5.82 Å². The van der Waals surface area contributed by atoms with Crippen molar-refractivity contribution >= 4 is 49.2 Å². The lowest BCUT2D eigenvalue weighted by Gasteiger charge is -2.04. The van der Waals surface area contributed by atoms with Crippen LogP contribution in [0.5, 0.6) is 0 Å². The van der Waals surface area contributed by atoms with Gasteiger partial charge in [0.2, 0.25) is 0 Å². The zero-order valence-corrected chi connectivity index (χ0v) is 12.6. The average molecular weight is 371 g/mol. The molecule has 10 nitrogen and oxygen atoms in total. The molecule has 12 heteroatoms. The number of rotatable bonds is 4. The second kappa shape index (κ2) is 5.31.